The van der Waals surface area contributed by atoms with Gasteiger partial charge in [-0.15, -0.1) is 0 Å². The molecule has 0 fully saturated rings. The molecule has 0 atom stereocenters. The molecule has 3 rings (SSSR count). The minimum absolute atomic E-state index is 0.222. The van der Waals surface area contributed by atoms with E-state index in [4.69, 9.17) is 14.6 Å². The van der Waals surface area contributed by atoms with Crippen LogP contribution in [0, 0.1) is 5.82 Å². The average Bonchev–Trinajstić information content (AvgIpc) is 2.72. The van der Waals surface area contributed by atoms with E-state index in [0.717, 1.165) is 11.1 Å². The highest BCUT2D eigenvalue weighted by molar-refractivity contribution is 5.68. The zero-order chi connectivity index (χ0) is 20.8. The molecule has 29 heavy (non-hydrogen) atoms. The Morgan fingerprint density at radius 3 is 2.48 bits per heavy atom. The summed E-state index contributed by atoms with van der Waals surface area (Å²) < 4.78 is 25.3. The molecule has 0 saturated heterocycles. The maximum Gasteiger partial charge on any atom is 0.341 e. The van der Waals surface area contributed by atoms with Gasteiger partial charge in [0, 0.05) is 18.0 Å². The first-order valence-electron chi connectivity index (χ1n) is 9.04. The van der Waals surface area contributed by atoms with Crippen molar-refractivity contribution in [3.05, 3.63) is 88.1 Å². The van der Waals surface area contributed by atoms with Gasteiger partial charge >= 0.3 is 5.97 Å². The van der Waals surface area contributed by atoms with Gasteiger partial charge in [-0.25, -0.2) is 9.18 Å². The average molecular weight is 397 g/mol. The molecule has 0 aliphatic heterocycles. The summed E-state index contributed by atoms with van der Waals surface area (Å²) >= 11 is 0. The number of hydrogen-bond donors (Lipinski definition) is 1. The lowest BCUT2D eigenvalue weighted by Crippen LogP contribution is -2.17. The van der Waals surface area contributed by atoms with Crippen molar-refractivity contribution in [1.29, 1.82) is 0 Å². The van der Waals surface area contributed by atoms with Crippen LogP contribution in [0.3, 0.4) is 0 Å². The summed E-state index contributed by atoms with van der Waals surface area (Å²) in [6, 6.07) is 14.1. The van der Waals surface area contributed by atoms with Gasteiger partial charge in [-0.05, 0) is 53.9 Å². The Bertz CT molecular complexity index is 1060. The summed E-state index contributed by atoms with van der Waals surface area (Å²) in [6.45, 7) is 1.72. The number of ether oxygens (including phenoxy) is 2. The van der Waals surface area contributed by atoms with Gasteiger partial charge < -0.3 is 14.6 Å². The second-order valence-electron chi connectivity index (χ2n) is 6.31. The van der Waals surface area contributed by atoms with Crippen LogP contribution < -0.4 is 15.0 Å². The van der Waals surface area contributed by atoms with E-state index >= 15 is 0 Å². The summed E-state index contributed by atoms with van der Waals surface area (Å²) in [4.78, 5) is 23.2. The van der Waals surface area contributed by atoms with Gasteiger partial charge in [-0.2, -0.15) is 0 Å². The number of rotatable bonds is 8. The van der Waals surface area contributed by atoms with Crippen LogP contribution in [-0.4, -0.2) is 22.2 Å². The van der Waals surface area contributed by atoms with Gasteiger partial charge in [0.2, 0.25) is 0 Å². The van der Waals surface area contributed by atoms with Gasteiger partial charge in [0.15, 0.2) is 6.61 Å². The Hall–Kier alpha value is -3.61. The fourth-order valence-corrected chi connectivity index (χ4v) is 2.78. The lowest BCUT2D eigenvalue weighted by Gasteiger charge is -2.13. The molecule has 1 aromatic heterocycles. The summed E-state index contributed by atoms with van der Waals surface area (Å²) in [5.41, 5.74) is 1.95. The number of hydrogen-bond acceptors (Lipinski definition) is 4. The fourth-order valence-electron chi connectivity index (χ4n) is 2.78. The maximum absolute atomic E-state index is 12.9. The standard InChI is InChI=1S/C22H20FNO5/c1-2-16-11-18(7-8-20(16)29-14-22(26)27)24-10-9-19(12-21(24)25)28-13-15-3-5-17(23)6-4-15/h3-12H,2,13-14H2,1H3,(H,26,27). The van der Waals surface area contributed by atoms with Crippen LogP contribution in [0.4, 0.5) is 4.39 Å². The number of benzene rings is 2. The quantitative estimate of drug-likeness (QED) is 0.629. The topological polar surface area (TPSA) is 77.8 Å². The third-order valence-corrected chi connectivity index (χ3v) is 4.26. The first-order chi connectivity index (χ1) is 14.0. The normalized spacial score (nSPS) is 10.6. The molecule has 1 N–H and O–H groups in total. The highest BCUT2D eigenvalue weighted by atomic mass is 19.1. The van der Waals surface area contributed by atoms with Gasteiger partial charge in [-0.3, -0.25) is 9.36 Å². The van der Waals surface area contributed by atoms with Crippen molar-refractivity contribution in [3.63, 3.8) is 0 Å². The Kier molecular flexibility index (Phi) is 6.29. The molecule has 0 unspecified atom stereocenters. The molecule has 7 heteroatoms. The van der Waals surface area contributed by atoms with Crippen molar-refractivity contribution in [3.8, 4) is 17.2 Å². The van der Waals surface area contributed by atoms with Crippen molar-refractivity contribution in [2.45, 2.75) is 20.0 Å². The first-order valence-corrected chi connectivity index (χ1v) is 9.04. The highest BCUT2D eigenvalue weighted by Crippen LogP contribution is 2.23. The molecule has 1 heterocycles. The maximum atomic E-state index is 12.9. The summed E-state index contributed by atoms with van der Waals surface area (Å²) in [7, 11) is 0. The van der Waals surface area contributed by atoms with Crippen LogP contribution in [0.5, 0.6) is 11.5 Å². The van der Waals surface area contributed by atoms with Crippen LogP contribution in [-0.2, 0) is 17.8 Å². The molecule has 0 spiro atoms. The second-order valence-corrected chi connectivity index (χ2v) is 6.31. The molecule has 2 aromatic carbocycles. The molecule has 0 saturated carbocycles. The number of aromatic nitrogens is 1. The molecule has 0 radical (unpaired) electrons. The van der Waals surface area contributed by atoms with Crippen LogP contribution in [0.1, 0.15) is 18.1 Å². The van der Waals surface area contributed by atoms with Crippen molar-refractivity contribution in [2.24, 2.45) is 0 Å². The molecule has 150 valence electrons. The monoisotopic (exact) mass is 397 g/mol. The number of aryl methyl sites for hydroxylation is 1. The lowest BCUT2D eigenvalue weighted by molar-refractivity contribution is -0.139. The van der Waals surface area contributed by atoms with E-state index in [9.17, 15) is 14.0 Å². The fraction of sp³-hybridized carbons (Fsp3) is 0.182. The number of halogens is 1. The minimum atomic E-state index is -1.05. The SMILES string of the molecule is CCc1cc(-n2ccc(OCc3ccc(F)cc3)cc2=O)ccc1OCC(=O)O. The third-order valence-electron chi connectivity index (χ3n) is 4.26. The van der Waals surface area contributed by atoms with E-state index in [1.54, 1.807) is 42.6 Å². The highest BCUT2D eigenvalue weighted by Gasteiger charge is 2.09. The number of pyridine rings is 1. The minimum Gasteiger partial charge on any atom is -0.489 e. The largest absolute Gasteiger partial charge is 0.489 e. The van der Waals surface area contributed by atoms with E-state index in [0.29, 0.717) is 23.6 Å². The van der Waals surface area contributed by atoms with E-state index < -0.39 is 12.6 Å². The van der Waals surface area contributed by atoms with Gasteiger partial charge in [0.05, 0.1) is 0 Å². The molecular formula is C22H20FNO5. The van der Waals surface area contributed by atoms with Crippen molar-refractivity contribution >= 4 is 5.97 Å². The molecule has 0 amide bonds. The molecule has 0 bridgehead atoms. The Labute approximate surface area is 166 Å². The van der Waals surface area contributed by atoms with Crippen molar-refractivity contribution in [2.75, 3.05) is 6.61 Å². The zero-order valence-corrected chi connectivity index (χ0v) is 15.8. The number of nitrogens with zero attached hydrogens (tertiary/aromatic N) is 1. The van der Waals surface area contributed by atoms with Crippen LogP contribution in [0.15, 0.2) is 65.6 Å². The Morgan fingerprint density at radius 2 is 1.83 bits per heavy atom. The summed E-state index contributed by atoms with van der Waals surface area (Å²) in [6.07, 6.45) is 2.23. The van der Waals surface area contributed by atoms with Crippen molar-refractivity contribution < 1.29 is 23.8 Å². The Balaban J connectivity index is 1.76. The first kappa shape index (κ1) is 20.1. The number of aliphatic carboxylic acids is 1. The van der Waals surface area contributed by atoms with Crippen LogP contribution in [0.25, 0.3) is 5.69 Å². The molecule has 3 aromatic rings. The van der Waals surface area contributed by atoms with Crippen molar-refractivity contribution in [1.82, 2.24) is 4.57 Å². The lowest BCUT2D eigenvalue weighted by atomic mass is 10.1. The van der Waals surface area contributed by atoms with Gasteiger partial charge in [0.1, 0.15) is 23.9 Å². The molecule has 0 aliphatic carbocycles. The predicted octanol–water partition coefficient (Wildman–Crippen LogP) is 3.58. The number of carboxylic acids is 1. The van der Waals surface area contributed by atoms with Gasteiger partial charge in [0.25, 0.3) is 5.56 Å². The van der Waals surface area contributed by atoms with E-state index in [2.05, 4.69) is 0 Å². The van der Waals surface area contributed by atoms with E-state index in [1.165, 1.54) is 22.8 Å². The summed E-state index contributed by atoms with van der Waals surface area (Å²) in [5.74, 6) is -0.482. The molecule has 0 aliphatic rings. The summed E-state index contributed by atoms with van der Waals surface area (Å²) in [5, 5.41) is 8.76. The number of carbonyl (C=O) groups is 1. The van der Waals surface area contributed by atoms with Crippen LogP contribution in [0.2, 0.25) is 0 Å². The smallest absolute Gasteiger partial charge is 0.341 e. The zero-order valence-electron chi connectivity index (χ0n) is 15.8. The molecule has 6 nitrogen and oxygen atoms in total. The molecular weight excluding hydrogens is 377 g/mol. The van der Waals surface area contributed by atoms with Crippen LogP contribution >= 0.6 is 0 Å². The number of carboxylic acid groups (broad SMARTS) is 1. The Morgan fingerprint density at radius 1 is 1.07 bits per heavy atom. The second kappa shape index (κ2) is 9.05. The van der Waals surface area contributed by atoms with E-state index in [1.807, 2.05) is 6.92 Å². The van der Waals surface area contributed by atoms with Gasteiger partial charge in [-0.1, -0.05) is 19.1 Å². The van der Waals surface area contributed by atoms with E-state index in [-0.39, 0.29) is 18.0 Å². The predicted molar refractivity (Wildman–Crippen MR) is 105 cm³/mol. The third kappa shape index (κ3) is 5.22.